The zero-order valence-corrected chi connectivity index (χ0v) is 15.2. The Morgan fingerprint density at radius 2 is 1.96 bits per heavy atom. The van der Waals surface area contributed by atoms with E-state index in [9.17, 15) is 5.11 Å². The first kappa shape index (κ1) is 17.5. The maximum absolute atomic E-state index is 10.3. The Morgan fingerprint density at radius 3 is 2.76 bits per heavy atom. The van der Waals surface area contributed by atoms with E-state index in [4.69, 9.17) is 4.74 Å². The van der Waals surface area contributed by atoms with Crippen LogP contribution in [0.15, 0.2) is 42.5 Å². The molecule has 0 fully saturated rings. The van der Waals surface area contributed by atoms with Crippen molar-refractivity contribution in [2.45, 2.75) is 46.3 Å². The molecule has 1 aromatic heterocycles. The number of hydrogen-bond acceptors (Lipinski definition) is 3. The maximum atomic E-state index is 10.3. The number of aryl methyl sites for hydroxylation is 3. The number of aliphatic hydroxyl groups is 1. The van der Waals surface area contributed by atoms with Gasteiger partial charge >= 0.3 is 0 Å². The molecule has 132 valence electrons. The second kappa shape index (κ2) is 7.70. The topological polar surface area (TPSA) is 47.3 Å². The molecule has 2 aromatic carbocycles. The molecule has 0 amide bonds. The highest BCUT2D eigenvalue weighted by Gasteiger charge is 2.16. The minimum absolute atomic E-state index is 0.535. The van der Waals surface area contributed by atoms with Crippen LogP contribution in [0.25, 0.3) is 11.0 Å². The summed E-state index contributed by atoms with van der Waals surface area (Å²) in [6.45, 7) is 7.52. The van der Waals surface area contributed by atoms with E-state index in [-0.39, 0.29) is 0 Å². The highest BCUT2D eigenvalue weighted by Crippen LogP contribution is 2.23. The second-order valence-corrected chi connectivity index (χ2v) is 6.51. The van der Waals surface area contributed by atoms with Crippen LogP contribution in [0.4, 0.5) is 0 Å². The minimum Gasteiger partial charge on any atom is -0.493 e. The van der Waals surface area contributed by atoms with Crippen LogP contribution in [-0.4, -0.2) is 21.3 Å². The van der Waals surface area contributed by atoms with Crippen molar-refractivity contribution in [3.05, 3.63) is 59.4 Å². The molecule has 0 spiro atoms. The largest absolute Gasteiger partial charge is 0.493 e. The molecule has 4 nitrogen and oxygen atoms in total. The fourth-order valence-corrected chi connectivity index (χ4v) is 3.03. The number of ether oxygens (including phenoxy) is 1. The molecule has 1 N–H and O–H groups in total. The van der Waals surface area contributed by atoms with Crippen LogP contribution in [-0.2, 0) is 6.54 Å². The molecule has 4 heteroatoms. The van der Waals surface area contributed by atoms with Gasteiger partial charge < -0.3 is 14.4 Å². The number of aromatic nitrogens is 2. The average molecular weight is 338 g/mol. The van der Waals surface area contributed by atoms with E-state index < -0.39 is 6.10 Å². The van der Waals surface area contributed by atoms with E-state index in [0.717, 1.165) is 41.1 Å². The van der Waals surface area contributed by atoms with Crippen molar-refractivity contribution in [3.63, 3.8) is 0 Å². The first-order chi connectivity index (χ1) is 12.1. The molecule has 0 aliphatic rings. The fraction of sp³-hybridized carbons (Fsp3) is 0.381. The zero-order chi connectivity index (χ0) is 17.8. The summed E-state index contributed by atoms with van der Waals surface area (Å²) < 4.78 is 8.08. The first-order valence-corrected chi connectivity index (χ1v) is 8.93. The first-order valence-electron chi connectivity index (χ1n) is 8.93. The van der Waals surface area contributed by atoms with Crippen LogP contribution in [0.3, 0.4) is 0 Å². The van der Waals surface area contributed by atoms with Gasteiger partial charge in [-0.3, -0.25) is 0 Å². The van der Waals surface area contributed by atoms with Gasteiger partial charge in [0.1, 0.15) is 17.7 Å². The lowest BCUT2D eigenvalue weighted by Crippen LogP contribution is -2.11. The van der Waals surface area contributed by atoms with E-state index in [2.05, 4.69) is 47.7 Å². The van der Waals surface area contributed by atoms with Crippen molar-refractivity contribution in [3.8, 4) is 5.75 Å². The third kappa shape index (κ3) is 3.85. The average Bonchev–Trinajstić information content (AvgIpc) is 2.99. The number of para-hydroxylation sites is 2. The number of nitrogens with zero attached hydrogens (tertiary/aromatic N) is 2. The summed E-state index contributed by atoms with van der Waals surface area (Å²) in [6.07, 6.45) is 0.978. The summed E-state index contributed by atoms with van der Waals surface area (Å²) in [7, 11) is 0. The van der Waals surface area contributed by atoms with Gasteiger partial charge in [-0.25, -0.2) is 4.98 Å². The monoisotopic (exact) mass is 338 g/mol. The Bertz CT molecular complexity index is 854. The quantitative estimate of drug-likeness (QED) is 0.642. The van der Waals surface area contributed by atoms with Crippen LogP contribution in [0.5, 0.6) is 5.75 Å². The molecular formula is C21H26N2O2. The third-order valence-corrected chi connectivity index (χ3v) is 4.50. The van der Waals surface area contributed by atoms with Crippen LogP contribution >= 0.6 is 0 Å². The number of rotatable bonds is 7. The number of benzene rings is 2. The van der Waals surface area contributed by atoms with Gasteiger partial charge in [-0.05, 0) is 56.0 Å². The highest BCUT2D eigenvalue weighted by molar-refractivity contribution is 5.76. The SMILES string of the molecule is CC[C@@H](O)c1nc2ccccc2n1CCCOc1cc(C)ccc1C. The predicted octanol–water partition coefficient (Wildman–Crippen LogP) is 4.57. The minimum atomic E-state index is -0.535. The van der Waals surface area contributed by atoms with Crippen molar-refractivity contribution in [2.75, 3.05) is 6.61 Å². The molecule has 0 saturated heterocycles. The standard InChI is InChI=1S/C21H26N2O2/c1-4-19(24)21-22-17-8-5-6-9-18(17)23(21)12-7-13-25-20-14-15(2)10-11-16(20)3/h5-6,8-11,14,19,24H,4,7,12-13H2,1-3H3/t19-/m1/s1. The van der Waals surface area contributed by atoms with Crippen LogP contribution < -0.4 is 4.74 Å². The number of imidazole rings is 1. The zero-order valence-electron chi connectivity index (χ0n) is 15.2. The Labute approximate surface area is 149 Å². The van der Waals surface area contributed by atoms with E-state index in [1.165, 1.54) is 5.56 Å². The molecule has 0 bridgehead atoms. The molecule has 25 heavy (non-hydrogen) atoms. The normalized spacial score (nSPS) is 12.5. The molecule has 3 rings (SSSR count). The van der Waals surface area contributed by atoms with Gasteiger partial charge in [-0.2, -0.15) is 0 Å². The molecule has 0 aliphatic carbocycles. The van der Waals surface area contributed by atoms with Crippen LogP contribution in [0.2, 0.25) is 0 Å². The summed E-state index contributed by atoms with van der Waals surface area (Å²) in [5.41, 5.74) is 4.35. The molecule has 0 unspecified atom stereocenters. The molecular weight excluding hydrogens is 312 g/mol. The highest BCUT2D eigenvalue weighted by atomic mass is 16.5. The van der Waals surface area contributed by atoms with Crippen LogP contribution in [0.1, 0.15) is 42.8 Å². The summed E-state index contributed by atoms with van der Waals surface area (Å²) in [6, 6.07) is 14.3. The van der Waals surface area contributed by atoms with E-state index >= 15 is 0 Å². The van der Waals surface area contributed by atoms with Gasteiger partial charge in [0.15, 0.2) is 0 Å². The summed E-state index contributed by atoms with van der Waals surface area (Å²) >= 11 is 0. The lowest BCUT2D eigenvalue weighted by molar-refractivity contribution is 0.158. The Balaban J connectivity index is 1.71. The third-order valence-electron chi connectivity index (χ3n) is 4.50. The second-order valence-electron chi connectivity index (χ2n) is 6.51. The summed E-state index contributed by atoms with van der Waals surface area (Å²) in [5, 5.41) is 10.3. The molecule has 1 atom stereocenters. The fourth-order valence-electron chi connectivity index (χ4n) is 3.03. The van der Waals surface area contributed by atoms with Gasteiger partial charge in [-0.1, -0.05) is 31.2 Å². The molecule has 1 heterocycles. The lowest BCUT2D eigenvalue weighted by atomic mass is 10.1. The smallest absolute Gasteiger partial charge is 0.138 e. The number of hydrogen-bond donors (Lipinski definition) is 1. The maximum Gasteiger partial charge on any atom is 0.138 e. The van der Waals surface area contributed by atoms with Crippen molar-refractivity contribution in [1.82, 2.24) is 9.55 Å². The predicted molar refractivity (Wildman–Crippen MR) is 101 cm³/mol. The van der Waals surface area contributed by atoms with Crippen molar-refractivity contribution >= 4 is 11.0 Å². The Kier molecular flexibility index (Phi) is 5.39. The molecule has 0 saturated carbocycles. The number of fused-ring (bicyclic) bond motifs is 1. The van der Waals surface area contributed by atoms with Crippen molar-refractivity contribution < 1.29 is 9.84 Å². The molecule has 0 aliphatic heterocycles. The Morgan fingerprint density at radius 1 is 1.16 bits per heavy atom. The van der Waals surface area contributed by atoms with Crippen molar-refractivity contribution in [1.29, 1.82) is 0 Å². The van der Waals surface area contributed by atoms with E-state index in [1.54, 1.807) is 0 Å². The summed E-state index contributed by atoms with van der Waals surface area (Å²) in [5.74, 6) is 1.69. The van der Waals surface area contributed by atoms with Gasteiger partial charge in [0.25, 0.3) is 0 Å². The van der Waals surface area contributed by atoms with Crippen molar-refractivity contribution in [2.24, 2.45) is 0 Å². The lowest BCUT2D eigenvalue weighted by Gasteiger charge is -2.14. The van der Waals surface area contributed by atoms with Gasteiger partial charge in [0, 0.05) is 6.54 Å². The Hall–Kier alpha value is -2.33. The molecule has 3 aromatic rings. The van der Waals surface area contributed by atoms with E-state index in [0.29, 0.717) is 13.0 Å². The summed E-state index contributed by atoms with van der Waals surface area (Å²) in [4.78, 5) is 4.62. The number of aliphatic hydroxyl groups excluding tert-OH is 1. The van der Waals surface area contributed by atoms with Gasteiger partial charge in [-0.15, -0.1) is 0 Å². The van der Waals surface area contributed by atoms with Gasteiger partial charge in [0.2, 0.25) is 0 Å². The molecule has 0 radical (unpaired) electrons. The van der Waals surface area contributed by atoms with E-state index in [1.807, 2.05) is 25.1 Å². The van der Waals surface area contributed by atoms with Gasteiger partial charge in [0.05, 0.1) is 17.6 Å². The van der Waals surface area contributed by atoms with Crippen LogP contribution in [0, 0.1) is 13.8 Å².